The van der Waals surface area contributed by atoms with Crippen LogP contribution >= 0.6 is 0 Å². The van der Waals surface area contributed by atoms with Gasteiger partial charge in [-0.25, -0.2) is 9.69 Å². The van der Waals surface area contributed by atoms with Crippen LogP contribution in [-0.4, -0.2) is 45.2 Å². The van der Waals surface area contributed by atoms with Gasteiger partial charge in [0.2, 0.25) is 5.91 Å². The molecule has 2 aliphatic rings. The minimum atomic E-state index is -0.565. The highest BCUT2D eigenvalue weighted by molar-refractivity contribution is 6.43. The fourth-order valence-electron chi connectivity index (χ4n) is 3.59. The molecule has 2 heterocycles. The highest BCUT2D eigenvalue weighted by atomic mass is 16.6. The molecule has 4 rings (SSSR count). The van der Waals surface area contributed by atoms with Crippen LogP contribution in [0.5, 0.6) is 11.5 Å². The maximum Gasteiger partial charge on any atom is 0.337 e. The lowest BCUT2D eigenvalue weighted by molar-refractivity contribution is -0.122. The minimum absolute atomic E-state index is 0.218. The van der Waals surface area contributed by atoms with E-state index in [2.05, 4.69) is 0 Å². The van der Waals surface area contributed by atoms with E-state index in [1.165, 1.54) is 27.2 Å². The minimum Gasteiger partial charge on any atom is -0.495 e. The standard InChI is InChI=1S/C22H19NO7/c1-12(24)23-16-10-14(22(26)28-3)4-6-15(16)19(21(23)25)20(27-2)13-5-7-17-18(11-13)30-9-8-29-17/h4-7,10-11H,8-9H2,1-3H3. The Kier molecular flexibility index (Phi) is 4.91. The van der Waals surface area contributed by atoms with Crippen LogP contribution in [-0.2, 0) is 19.1 Å². The van der Waals surface area contributed by atoms with E-state index in [9.17, 15) is 14.4 Å². The molecule has 0 saturated carbocycles. The molecule has 0 N–H and O–H groups in total. The third-order valence-corrected chi connectivity index (χ3v) is 4.90. The second kappa shape index (κ2) is 7.55. The van der Waals surface area contributed by atoms with Crippen LogP contribution in [0.3, 0.4) is 0 Å². The van der Waals surface area contributed by atoms with Crippen molar-refractivity contribution in [3.8, 4) is 11.5 Å². The summed E-state index contributed by atoms with van der Waals surface area (Å²) in [5, 5.41) is 0. The molecule has 2 aromatic rings. The van der Waals surface area contributed by atoms with Crippen molar-refractivity contribution in [2.75, 3.05) is 32.3 Å². The van der Waals surface area contributed by atoms with Crippen molar-refractivity contribution in [3.05, 3.63) is 53.1 Å². The SMILES string of the molecule is COC(=O)c1ccc2c(c1)N(C(C)=O)C(=O)C2=C(OC)c1ccc2c(c1)OCCO2. The first-order valence-electron chi connectivity index (χ1n) is 9.22. The molecule has 2 aromatic carbocycles. The van der Waals surface area contributed by atoms with Crippen LogP contribution in [0, 0.1) is 0 Å². The molecule has 0 atom stereocenters. The molecule has 0 bridgehead atoms. The number of esters is 1. The smallest absolute Gasteiger partial charge is 0.337 e. The molecule has 30 heavy (non-hydrogen) atoms. The molecule has 0 aliphatic carbocycles. The van der Waals surface area contributed by atoms with Gasteiger partial charge in [0.1, 0.15) is 19.0 Å². The van der Waals surface area contributed by atoms with Crippen molar-refractivity contribution in [3.63, 3.8) is 0 Å². The first-order valence-corrected chi connectivity index (χ1v) is 9.22. The van der Waals surface area contributed by atoms with E-state index in [0.29, 0.717) is 41.5 Å². The number of amides is 2. The highest BCUT2D eigenvalue weighted by Crippen LogP contribution is 2.43. The Morgan fingerprint density at radius 2 is 1.63 bits per heavy atom. The zero-order valence-electron chi connectivity index (χ0n) is 16.7. The fourth-order valence-corrected chi connectivity index (χ4v) is 3.59. The van der Waals surface area contributed by atoms with Crippen molar-refractivity contribution < 1.29 is 33.3 Å². The molecule has 154 valence electrons. The number of nitrogens with zero attached hydrogens (tertiary/aromatic N) is 1. The quantitative estimate of drug-likeness (QED) is 0.437. The zero-order valence-corrected chi connectivity index (χ0v) is 16.7. The maximum atomic E-state index is 13.2. The Morgan fingerprint density at radius 3 is 2.30 bits per heavy atom. The highest BCUT2D eigenvalue weighted by Gasteiger charge is 2.39. The summed E-state index contributed by atoms with van der Waals surface area (Å²) in [4.78, 5) is 38.4. The van der Waals surface area contributed by atoms with Gasteiger partial charge in [-0.3, -0.25) is 9.59 Å². The van der Waals surface area contributed by atoms with Crippen LogP contribution in [0.2, 0.25) is 0 Å². The summed E-state index contributed by atoms with van der Waals surface area (Å²) < 4.78 is 21.5. The fraction of sp³-hybridized carbons (Fsp3) is 0.227. The number of hydrogen-bond donors (Lipinski definition) is 0. The number of benzene rings is 2. The summed E-state index contributed by atoms with van der Waals surface area (Å²) in [5.41, 5.74) is 1.83. The third-order valence-electron chi connectivity index (χ3n) is 4.90. The van der Waals surface area contributed by atoms with E-state index < -0.39 is 17.8 Å². The van der Waals surface area contributed by atoms with Gasteiger partial charge in [-0.05, 0) is 30.3 Å². The van der Waals surface area contributed by atoms with E-state index in [1.54, 1.807) is 30.3 Å². The molecule has 0 saturated heterocycles. The molecule has 8 heteroatoms. The predicted octanol–water partition coefficient (Wildman–Crippen LogP) is 2.65. The normalized spacial score (nSPS) is 16.1. The van der Waals surface area contributed by atoms with E-state index in [4.69, 9.17) is 18.9 Å². The first-order chi connectivity index (χ1) is 14.5. The number of fused-ring (bicyclic) bond motifs is 2. The molecule has 0 radical (unpaired) electrons. The second-order valence-corrected chi connectivity index (χ2v) is 6.65. The number of hydrogen-bond acceptors (Lipinski definition) is 7. The molecule has 2 amide bonds. The van der Waals surface area contributed by atoms with Crippen LogP contribution in [0.15, 0.2) is 36.4 Å². The van der Waals surface area contributed by atoms with Gasteiger partial charge in [0, 0.05) is 18.1 Å². The topological polar surface area (TPSA) is 91.4 Å². The van der Waals surface area contributed by atoms with Crippen LogP contribution in [0.1, 0.15) is 28.4 Å². The van der Waals surface area contributed by atoms with E-state index >= 15 is 0 Å². The molecule has 0 unspecified atom stereocenters. The maximum absolute atomic E-state index is 13.2. The lowest BCUT2D eigenvalue weighted by Gasteiger charge is -2.19. The zero-order chi connectivity index (χ0) is 21.4. The number of rotatable bonds is 3. The van der Waals surface area contributed by atoms with Crippen molar-refractivity contribution in [2.24, 2.45) is 0 Å². The number of imide groups is 1. The van der Waals surface area contributed by atoms with Crippen LogP contribution in [0.25, 0.3) is 11.3 Å². The van der Waals surface area contributed by atoms with E-state index in [-0.39, 0.29) is 16.9 Å². The van der Waals surface area contributed by atoms with Gasteiger partial charge < -0.3 is 18.9 Å². The van der Waals surface area contributed by atoms with Crippen molar-refractivity contribution >= 4 is 34.8 Å². The number of carbonyl (C=O) groups is 3. The van der Waals surface area contributed by atoms with Gasteiger partial charge in [-0.1, -0.05) is 6.07 Å². The Morgan fingerprint density at radius 1 is 0.933 bits per heavy atom. The van der Waals surface area contributed by atoms with Gasteiger partial charge in [0.15, 0.2) is 11.5 Å². The average Bonchev–Trinajstić information content (AvgIpc) is 3.05. The molecular formula is C22H19NO7. The van der Waals surface area contributed by atoms with Gasteiger partial charge in [0.05, 0.1) is 31.0 Å². The third kappa shape index (κ3) is 3.06. The molecule has 2 aliphatic heterocycles. The molecule has 0 spiro atoms. The number of ether oxygens (including phenoxy) is 4. The molecule has 8 nitrogen and oxygen atoms in total. The summed E-state index contributed by atoms with van der Waals surface area (Å²) >= 11 is 0. The predicted molar refractivity (Wildman–Crippen MR) is 107 cm³/mol. The number of carbonyl (C=O) groups excluding carboxylic acids is 3. The van der Waals surface area contributed by atoms with Gasteiger partial charge in [-0.2, -0.15) is 0 Å². The van der Waals surface area contributed by atoms with Crippen LogP contribution < -0.4 is 14.4 Å². The van der Waals surface area contributed by atoms with Crippen molar-refractivity contribution in [1.82, 2.24) is 0 Å². The van der Waals surface area contributed by atoms with Gasteiger partial charge in [-0.15, -0.1) is 0 Å². The second-order valence-electron chi connectivity index (χ2n) is 6.65. The molecular weight excluding hydrogens is 390 g/mol. The van der Waals surface area contributed by atoms with Gasteiger partial charge >= 0.3 is 5.97 Å². The Balaban J connectivity index is 1.91. The molecule has 0 aromatic heterocycles. The number of methoxy groups -OCH3 is 2. The van der Waals surface area contributed by atoms with Crippen LogP contribution in [0.4, 0.5) is 5.69 Å². The molecule has 0 fully saturated rings. The summed E-state index contributed by atoms with van der Waals surface area (Å²) in [6.45, 7) is 2.17. The largest absolute Gasteiger partial charge is 0.495 e. The van der Waals surface area contributed by atoms with E-state index in [1.807, 2.05) is 0 Å². The summed E-state index contributed by atoms with van der Waals surface area (Å²) in [6.07, 6.45) is 0. The Hall–Kier alpha value is -3.81. The monoisotopic (exact) mass is 409 g/mol. The Labute approximate surface area is 172 Å². The van der Waals surface area contributed by atoms with Crippen molar-refractivity contribution in [1.29, 1.82) is 0 Å². The lowest BCUT2D eigenvalue weighted by atomic mass is 10.0. The summed E-state index contributed by atoms with van der Waals surface area (Å²) in [5.74, 6) is -0.138. The average molecular weight is 409 g/mol. The van der Waals surface area contributed by atoms with Gasteiger partial charge in [0.25, 0.3) is 5.91 Å². The summed E-state index contributed by atoms with van der Waals surface area (Å²) in [6, 6.07) is 9.84. The first kappa shape index (κ1) is 19.5. The van der Waals surface area contributed by atoms with E-state index in [0.717, 1.165) is 4.90 Å². The lowest BCUT2D eigenvalue weighted by Crippen LogP contribution is -2.31. The van der Waals surface area contributed by atoms with Crippen molar-refractivity contribution in [2.45, 2.75) is 6.92 Å². The number of anilines is 1. The summed E-state index contributed by atoms with van der Waals surface area (Å²) in [7, 11) is 2.71. The Bertz CT molecular complexity index is 1100.